The summed E-state index contributed by atoms with van der Waals surface area (Å²) in [7, 11) is 0. The van der Waals surface area contributed by atoms with E-state index in [0.717, 1.165) is 36.1 Å². The Labute approximate surface area is 161 Å². The molecule has 2 aromatic rings. The van der Waals surface area contributed by atoms with Crippen molar-refractivity contribution in [2.24, 2.45) is 0 Å². The largest absolute Gasteiger partial charge is 0.483 e. The summed E-state index contributed by atoms with van der Waals surface area (Å²) in [5.41, 5.74) is 3.28. The zero-order valence-electron chi connectivity index (χ0n) is 16.3. The molecule has 2 aromatic carbocycles. The topological polar surface area (TPSA) is 67.4 Å². The molecule has 2 N–H and O–H groups in total. The highest BCUT2D eigenvalue weighted by atomic mass is 16.5. The normalized spacial score (nSPS) is 10.3. The van der Waals surface area contributed by atoms with E-state index in [9.17, 15) is 9.59 Å². The van der Waals surface area contributed by atoms with Crippen LogP contribution in [-0.4, -0.2) is 18.4 Å². The fourth-order valence-corrected chi connectivity index (χ4v) is 2.80. The number of carbonyl (C=O) groups excluding carboxylic acids is 2. The summed E-state index contributed by atoms with van der Waals surface area (Å²) in [5, 5.41) is 5.67. The van der Waals surface area contributed by atoms with Gasteiger partial charge in [0.1, 0.15) is 5.75 Å². The summed E-state index contributed by atoms with van der Waals surface area (Å²) in [6.07, 6.45) is 3.52. The lowest BCUT2D eigenvalue weighted by atomic mass is 10.1. The van der Waals surface area contributed by atoms with Crippen molar-refractivity contribution in [1.29, 1.82) is 0 Å². The number of nitrogens with one attached hydrogen (secondary N) is 2. The quantitative estimate of drug-likeness (QED) is 0.622. The van der Waals surface area contributed by atoms with Crippen molar-refractivity contribution in [1.82, 2.24) is 0 Å². The molecule has 0 heterocycles. The van der Waals surface area contributed by atoms with Crippen LogP contribution >= 0.6 is 0 Å². The molecule has 0 bridgehead atoms. The van der Waals surface area contributed by atoms with Gasteiger partial charge in [-0.25, -0.2) is 0 Å². The minimum atomic E-state index is -0.246. The first kappa shape index (κ1) is 20.5. The van der Waals surface area contributed by atoms with Crippen molar-refractivity contribution in [3.8, 4) is 5.75 Å². The molecule has 0 aromatic heterocycles. The fraction of sp³-hybridized carbons (Fsp3) is 0.364. The Balaban J connectivity index is 1.87. The number of rotatable bonds is 9. The molecular formula is C22H28N2O3. The summed E-state index contributed by atoms with van der Waals surface area (Å²) in [6.45, 7) is 5.94. The molecule has 0 atom stereocenters. The molecule has 0 aliphatic carbocycles. The molecule has 27 heavy (non-hydrogen) atoms. The number of anilines is 2. The van der Waals surface area contributed by atoms with Gasteiger partial charge in [-0.1, -0.05) is 44.0 Å². The molecule has 0 unspecified atom stereocenters. The predicted octanol–water partition coefficient (Wildman–Crippen LogP) is 4.84. The van der Waals surface area contributed by atoms with Crippen molar-refractivity contribution in [3.05, 3.63) is 53.6 Å². The maximum atomic E-state index is 12.2. The Morgan fingerprint density at radius 2 is 1.48 bits per heavy atom. The van der Waals surface area contributed by atoms with Gasteiger partial charge in [0.05, 0.1) is 0 Å². The van der Waals surface area contributed by atoms with Crippen LogP contribution in [0.1, 0.15) is 43.7 Å². The number of hydrogen-bond acceptors (Lipinski definition) is 3. The number of benzene rings is 2. The second-order valence-electron chi connectivity index (χ2n) is 6.64. The standard InChI is InChI=1S/C22H28N2O3/c1-4-5-6-13-20(25)23-18-11-8-12-19(14-18)24-21(26)15-27-22-16(2)9-7-10-17(22)3/h7-12,14H,4-6,13,15H2,1-3H3,(H,23,25)(H,24,26). The van der Waals surface area contributed by atoms with E-state index in [2.05, 4.69) is 17.6 Å². The van der Waals surface area contributed by atoms with Gasteiger partial charge in [-0.15, -0.1) is 0 Å². The zero-order valence-corrected chi connectivity index (χ0v) is 16.3. The molecule has 2 rings (SSSR count). The summed E-state index contributed by atoms with van der Waals surface area (Å²) in [5.74, 6) is 0.482. The van der Waals surface area contributed by atoms with Crippen LogP contribution in [0.3, 0.4) is 0 Å². The molecule has 144 valence electrons. The van der Waals surface area contributed by atoms with Gasteiger partial charge < -0.3 is 15.4 Å². The maximum Gasteiger partial charge on any atom is 0.262 e. The number of ether oxygens (including phenoxy) is 1. The van der Waals surface area contributed by atoms with Crippen molar-refractivity contribution in [3.63, 3.8) is 0 Å². The number of hydrogen-bond donors (Lipinski definition) is 2. The van der Waals surface area contributed by atoms with Crippen LogP contribution in [0.5, 0.6) is 5.75 Å². The van der Waals surface area contributed by atoms with E-state index >= 15 is 0 Å². The van der Waals surface area contributed by atoms with E-state index in [0.29, 0.717) is 17.8 Å². The minimum Gasteiger partial charge on any atom is -0.483 e. The first-order valence-corrected chi connectivity index (χ1v) is 9.38. The van der Waals surface area contributed by atoms with E-state index in [1.165, 1.54) is 0 Å². The first-order chi connectivity index (χ1) is 13.0. The van der Waals surface area contributed by atoms with E-state index in [1.807, 2.05) is 32.0 Å². The van der Waals surface area contributed by atoms with Crippen molar-refractivity contribution >= 4 is 23.2 Å². The molecule has 0 aliphatic rings. The van der Waals surface area contributed by atoms with Gasteiger partial charge in [-0.2, -0.15) is 0 Å². The Kier molecular flexibility index (Phi) is 7.86. The molecule has 0 saturated heterocycles. The lowest BCUT2D eigenvalue weighted by molar-refractivity contribution is -0.118. The molecule has 0 saturated carbocycles. The van der Waals surface area contributed by atoms with Gasteiger partial charge in [0.25, 0.3) is 5.91 Å². The number of unbranched alkanes of at least 4 members (excludes halogenated alkanes) is 2. The smallest absolute Gasteiger partial charge is 0.262 e. The second-order valence-corrected chi connectivity index (χ2v) is 6.64. The number of aryl methyl sites for hydroxylation is 2. The minimum absolute atomic E-state index is 0.00899. The lowest BCUT2D eigenvalue weighted by Crippen LogP contribution is -2.21. The third-order valence-corrected chi connectivity index (χ3v) is 4.19. The molecule has 0 spiro atoms. The number of amides is 2. The lowest BCUT2D eigenvalue weighted by Gasteiger charge is -2.12. The predicted molar refractivity (Wildman–Crippen MR) is 109 cm³/mol. The van der Waals surface area contributed by atoms with E-state index in [4.69, 9.17) is 4.74 Å². The van der Waals surface area contributed by atoms with Crippen molar-refractivity contribution < 1.29 is 14.3 Å². The second kappa shape index (κ2) is 10.4. The maximum absolute atomic E-state index is 12.2. The van der Waals surface area contributed by atoms with E-state index in [1.54, 1.807) is 24.3 Å². The number of carbonyl (C=O) groups is 2. The molecular weight excluding hydrogens is 340 g/mol. The van der Waals surface area contributed by atoms with Crippen LogP contribution in [0.15, 0.2) is 42.5 Å². The molecule has 0 fully saturated rings. The highest BCUT2D eigenvalue weighted by molar-refractivity contribution is 5.94. The third kappa shape index (κ3) is 6.77. The molecule has 0 aliphatic heterocycles. The highest BCUT2D eigenvalue weighted by Crippen LogP contribution is 2.22. The van der Waals surface area contributed by atoms with Crippen LogP contribution in [0, 0.1) is 13.8 Å². The van der Waals surface area contributed by atoms with Crippen molar-refractivity contribution in [2.45, 2.75) is 46.5 Å². The Hall–Kier alpha value is -2.82. The van der Waals surface area contributed by atoms with E-state index in [-0.39, 0.29) is 18.4 Å². The zero-order chi connectivity index (χ0) is 19.6. The van der Waals surface area contributed by atoms with Crippen LogP contribution in [0.4, 0.5) is 11.4 Å². The molecule has 5 heteroatoms. The average Bonchev–Trinajstić information content (AvgIpc) is 2.62. The Morgan fingerprint density at radius 1 is 0.889 bits per heavy atom. The van der Waals surface area contributed by atoms with Crippen LogP contribution < -0.4 is 15.4 Å². The number of para-hydroxylation sites is 1. The van der Waals surface area contributed by atoms with Crippen molar-refractivity contribution in [2.75, 3.05) is 17.2 Å². The molecule has 5 nitrogen and oxygen atoms in total. The average molecular weight is 368 g/mol. The first-order valence-electron chi connectivity index (χ1n) is 9.38. The summed E-state index contributed by atoms with van der Waals surface area (Å²) in [6, 6.07) is 13.0. The third-order valence-electron chi connectivity index (χ3n) is 4.19. The van der Waals surface area contributed by atoms with E-state index < -0.39 is 0 Å². The van der Waals surface area contributed by atoms with Gasteiger partial charge in [-0.3, -0.25) is 9.59 Å². The van der Waals surface area contributed by atoms with Crippen LogP contribution in [0.2, 0.25) is 0 Å². The summed E-state index contributed by atoms with van der Waals surface area (Å²) >= 11 is 0. The monoisotopic (exact) mass is 368 g/mol. The molecule has 2 amide bonds. The van der Waals surface area contributed by atoms with Crippen LogP contribution in [-0.2, 0) is 9.59 Å². The van der Waals surface area contributed by atoms with Crippen LogP contribution in [0.25, 0.3) is 0 Å². The van der Waals surface area contributed by atoms with Gasteiger partial charge >= 0.3 is 0 Å². The summed E-state index contributed by atoms with van der Waals surface area (Å²) < 4.78 is 5.67. The highest BCUT2D eigenvalue weighted by Gasteiger charge is 2.08. The fourth-order valence-electron chi connectivity index (χ4n) is 2.80. The van der Waals surface area contributed by atoms with Gasteiger partial charge in [0, 0.05) is 17.8 Å². The summed E-state index contributed by atoms with van der Waals surface area (Å²) in [4.78, 5) is 24.1. The van der Waals surface area contributed by atoms with Gasteiger partial charge in [-0.05, 0) is 49.6 Å². The Bertz CT molecular complexity index is 767. The van der Waals surface area contributed by atoms with Gasteiger partial charge in [0.2, 0.25) is 5.91 Å². The van der Waals surface area contributed by atoms with Gasteiger partial charge in [0.15, 0.2) is 6.61 Å². The SMILES string of the molecule is CCCCCC(=O)Nc1cccc(NC(=O)COc2c(C)cccc2C)c1. The molecule has 0 radical (unpaired) electrons. The Morgan fingerprint density at radius 3 is 2.11 bits per heavy atom.